The van der Waals surface area contributed by atoms with Crippen LogP contribution in [0.25, 0.3) is 10.2 Å². The Morgan fingerprint density at radius 1 is 1.19 bits per heavy atom. The van der Waals surface area contributed by atoms with Crippen molar-refractivity contribution in [2.45, 2.75) is 32.7 Å². The van der Waals surface area contributed by atoms with Gasteiger partial charge in [0.1, 0.15) is 5.69 Å². The fourth-order valence-corrected chi connectivity index (χ4v) is 5.78. The van der Waals surface area contributed by atoms with Crippen molar-refractivity contribution in [3.63, 3.8) is 0 Å². The van der Waals surface area contributed by atoms with E-state index in [0.717, 1.165) is 53.7 Å². The van der Waals surface area contributed by atoms with E-state index in [4.69, 9.17) is 16.6 Å². The van der Waals surface area contributed by atoms with Crippen molar-refractivity contribution in [2.75, 3.05) is 22.9 Å². The monoisotopic (exact) mass is 521 g/mol. The number of hydrogen-bond acceptors (Lipinski definition) is 7. The first kappa shape index (κ1) is 24.1. The Kier molecular flexibility index (Phi) is 6.84. The molecule has 4 aromatic rings. The Morgan fingerprint density at radius 3 is 2.69 bits per heavy atom. The fourth-order valence-electron chi connectivity index (χ4n) is 4.47. The minimum atomic E-state index is -0.410. The van der Waals surface area contributed by atoms with Crippen LogP contribution in [0.2, 0.25) is 5.02 Å². The number of carbonyl (C=O) groups is 1. The molecule has 1 amide bonds. The molecule has 0 saturated carbocycles. The summed E-state index contributed by atoms with van der Waals surface area (Å²) >= 11 is 7.75. The summed E-state index contributed by atoms with van der Waals surface area (Å²) in [7, 11) is 0. The Hall–Kier alpha value is -3.56. The van der Waals surface area contributed by atoms with Crippen LogP contribution in [0, 0.1) is 17.0 Å². The normalized spacial score (nSPS) is 13.7. The van der Waals surface area contributed by atoms with Crippen molar-refractivity contribution >= 4 is 55.6 Å². The van der Waals surface area contributed by atoms with Crippen molar-refractivity contribution in [1.82, 2.24) is 9.97 Å². The number of aryl methyl sites for hydroxylation is 1. The van der Waals surface area contributed by atoms with Crippen molar-refractivity contribution in [1.29, 1.82) is 0 Å². The summed E-state index contributed by atoms with van der Waals surface area (Å²) in [5, 5.41) is 13.0. The van der Waals surface area contributed by atoms with Crippen molar-refractivity contribution in [3.05, 3.63) is 86.7 Å². The maximum Gasteiger partial charge on any atom is 0.293 e. The van der Waals surface area contributed by atoms with Crippen LogP contribution in [-0.2, 0) is 6.54 Å². The summed E-state index contributed by atoms with van der Waals surface area (Å²) < 4.78 is 0.794. The van der Waals surface area contributed by atoms with Gasteiger partial charge in [-0.15, -0.1) is 0 Å². The van der Waals surface area contributed by atoms with E-state index >= 15 is 0 Å². The lowest BCUT2D eigenvalue weighted by molar-refractivity contribution is -0.384. The highest BCUT2D eigenvalue weighted by Gasteiger charge is 2.27. The molecule has 184 valence electrons. The maximum absolute atomic E-state index is 13.9. The van der Waals surface area contributed by atoms with E-state index in [0.29, 0.717) is 15.8 Å². The van der Waals surface area contributed by atoms with Crippen LogP contribution in [-0.4, -0.2) is 33.9 Å². The minimum absolute atomic E-state index is 0.0627. The molecule has 0 radical (unpaired) electrons. The molecule has 5 rings (SSSR count). The first-order valence-electron chi connectivity index (χ1n) is 11.7. The summed E-state index contributed by atoms with van der Waals surface area (Å²) in [6.45, 7) is 3.70. The van der Waals surface area contributed by atoms with Crippen molar-refractivity contribution < 1.29 is 9.72 Å². The lowest BCUT2D eigenvalue weighted by Gasteiger charge is -2.28. The van der Waals surface area contributed by atoms with Crippen LogP contribution in [0.1, 0.15) is 40.7 Å². The number of hydrogen-bond donors (Lipinski definition) is 0. The van der Waals surface area contributed by atoms with E-state index < -0.39 is 4.92 Å². The molecular formula is C26H24ClN5O3S. The highest BCUT2D eigenvalue weighted by Crippen LogP contribution is 2.37. The fraction of sp³-hybridized carbons (Fsp3) is 0.269. The van der Waals surface area contributed by atoms with Crippen LogP contribution in [0.4, 0.5) is 16.5 Å². The third-order valence-electron chi connectivity index (χ3n) is 6.34. The second-order valence-electron chi connectivity index (χ2n) is 8.80. The largest absolute Gasteiger partial charge is 0.366 e. The molecule has 0 N–H and O–H groups in total. The Bertz CT molecular complexity index is 1400. The van der Waals surface area contributed by atoms with E-state index in [1.807, 2.05) is 30.0 Å². The molecule has 2 aromatic carbocycles. The average molecular weight is 522 g/mol. The highest BCUT2D eigenvalue weighted by atomic mass is 35.5. The number of nitro benzene ring substituents is 1. The number of halogens is 1. The number of benzene rings is 2. The second kappa shape index (κ2) is 10.2. The topological polar surface area (TPSA) is 92.5 Å². The average Bonchev–Trinajstić information content (AvgIpc) is 3.36. The number of rotatable bonds is 6. The number of aromatic nitrogens is 2. The lowest BCUT2D eigenvalue weighted by atomic mass is 10.1. The molecule has 8 nitrogen and oxygen atoms in total. The van der Waals surface area contributed by atoms with Gasteiger partial charge in [0.25, 0.3) is 11.6 Å². The SMILES string of the molecule is Cc1ccc(Cl)c2sc(N(Cc3cccnc3)C(=O)c3ccc(N4CCCCC4)c([N+](=O)[O-])c3)nc12. The maximum atomic E-state index is 13.9. The van der Waals surface area contributed by atoms with Gasteiger partial charge in [0.2, 0.25) is 0 Å². The molecule has 0 aliphatic carbocycles. The smallest absolute Gasteiger partial charge is 0.293 e. The number of fused-ring (bicyclic) bond motifs is 1. The third kappa shape index (κ3) is 4.76. The van der Waals surface area contributed by atoms with Gasteiger partial charge in [-0.25, -0.2) is 4.98 Å². The molecule has 10 heteroatoms. The number of pyridine rings is 1. The number of carbonyl (C=O) groups excluding carboxylic acids is 1. The molecule has 1 fully saturated rings. The minimum Gasteiger partial charge on any atom is -0.366 e. The number of amides is 1. The summed E-state index contributed by atoms with van der Waals surface area (Å²) in [5.41, 5.74) is 3.22. The Labute approximate surface area is 217 Å². The van der Waals surface area contributed by atoms with Crippen LogP contribution in [0.15, 0.2) is 54.9 Å². The van der Waals surface area contributed by atoms with Gasteiger partial charge in [0, 0.05) is 37.1 Å². The van der Waals surface area contributed by atoms with E-state index in [2.05, 4.69) is 4.98 Å². The summed E-state index contributed by atoms with van der Waals surface area (Å²) in [5.74, 6) is -0.375. The molecule has 0 atom stereocenters. The predicted molar refractivity (Wildman–Crippen MR) is 143 cm³/mol. The zero-order valence-electron chi connectivity index (χ0n) is 19.7. The molecule has 1 aliphatic heterocycles. The first-order chi connectivity index (χ1) is 17.4. The molecule has 0 unspecified atom stereocenters. The van der Waals surface area contributed by atoms with Gasteiger partial charge in [-0.05, 0) is 61.6 Å². The molecule has 0 spiro atoms. The quantitative estimate of drug-likeness (QED) is 0.215. The molecule has 2 aromatic heterocycles. The zero-order chi connectivity index (χ0) is 25.2. The molecule has 36 heavy (non-hydrogen) atoms. The summed E-state index contributed by atoms with van der Waals surface area (Å²) in [4.78, 5) is 37.9. The lowest BCUT2D eigenvalue weighted by Crippen LogP contribution is -2.31. The van der Waals surface area contributed by atoms with Gasteiger partial charge >= 0.3 is 0 Å². The first-order valence-corrected chi connectivity index (χ1v) is 12.9. The third-order valence-corrected chi connectivity index (χ3v) is 7.88. The van der Waals surface area contributed by atoms with Gasteiger partial charge in [-0.2, -0.15) is 0 Å². The van der Waals surface area contributed by atoms with E-state index in [9.17, 15) is 14.9 Å². The van der Waals surface area contributed by atoms with Crippen LogP contribution in [0.3, 0.4) is 0 Å². The van der Waals surface area contributed by atoms with E-state index in [1.54, 1.807) is 30.6 Å². The standard InChI is InChI=1S/C26H24ClN5O3S/c1-17-7-9-20(27)24-23(17)29-26(36-24)31(16-18-6-5-11-28-15-18)25(33)19-8-10-21(22(14-19)32(34)35)30-12-3-2-4-13-30/h5-11,14-15H,2-4,12-13,16H2,1H3. The Morgan fingerprint density at radius 2 is 2.00 bits per heavy atom. The number of anilines is 2. The molecule has 1 aliphatic rings. The number of thiazole rings is 1. The zero-order valence-corrected chi connectivity index (χ0v) is 21.3. The van der Waals surface area contributed by atoms with Crippen LogP contribution < -0.4 is 9.80 Å². The number of nitro groups is 1. The van der Waals surface area contributed by atoms with Gasteiger partial charge in [0.05, 0.1) is 26.7 Å². The highest BCUT2D eigenvalue weighted by molar-refractivity contribution is 7.23. The Balaban J connectivity index is 1.57. The second-order valence-corrected chi connectivity index (χ2v) is 10.2. The molecule has 1 saturated heterocycles. The summed E-state index contributed by atoms with van der Waals surface area (Å²) in [6.07, 6.45) is 6.47. The van der Waals surface area contributed by atoms with Crippen LogP contribution >= 0.6 is 22.9 Å². The molecule has 0 bridgehead atoms. The van der Waals surface area contributed by atoms with Crippen molar-refractivity contribution in [3.8, 4) is 0 Å². The van der Waals surface area contributed by atoms with E-state index in [-0.39, 0.29) is 23.7 Å². The van der Waals surface area contributed by atoms with E-state index in [1.165, 1.54) is 22.3 Å². The van der Waals surface area contributed by atoms with Crippen molar-refractivity contribution in [2.24, 2.45) is 0 Å². The van der Waals surface area contributed by atoms with Crippen LogP contribution in [0.5, 0.6) is 0 Å². The molecule has 3 heterocycles. The number of nitrogens with zero attached hydrogens (tertiary/aromatic N) is 5. The van der Waals surface area contributed by atoms with Gasteiger partial charge in [-0.3, -0.25) is 24.8 Å². The molecular weight excluding hydrogens is 498 g/mol. The summed E-state index contributed by atoms with van der Waals surface area (Å²) in [6, 6.07) is 12.1. The van der Waals surface area contributed by atoms with Gasteiger partial charge < -0.3 is 4.90 Å². The van der Waals surface area contributed by atoms with Gasteiger partial charge in [-0.1, -0.05) is 35.1 Å². The number of piperidine rings is 1. The van der Waals surface area contributed by atoms with Gasteiger partial charge in [0.15, 0.2) is 5.13 Å². The predicted octanol–water partition coefficient (Wildman–Crippen LogP) is 6.40.